The Hall–Kier alpha value is -2.27. The summed E-state index contributed by atoms with van der Waals surface area (Å²) in [6.45, 7) is 9.31. The number of aryl methyl sites for hydroxylation is 2. The predicted octanol–water partition coefficient (Wildman–Crippen LogP) is 2.86. The van der Waals surface area contributed by atoms with E-state index in [-0.39, 0.29) is 0 Å². The maximum Gasteiger partial charge on any atom is 0.191 e. The minimum absolute atomic E-state index is 0.305. The number of nitrogens with zero attached hydrogens (tertiary/aromatic N) is 1. The third-order valence-corrected chi connectivity index (χ3v) is 3.72. The van der Waals surface area contributed by atoms with Crippen LogP contribution in [-0.4, -0.2) is 24.2 Å². The van der Waals surface area contributed by atoms with Gasteiger partial charge in [-0.1, -0.05) is 29.8 Å². The maximum atomic E-state index is 10.6. The van der Waals surface area contributed by atoms with Gasteiger partial charge < -0.3 is 20.2 Å². The Morgan fingerprint density at radius 3 is 2.62 bits per heavy atom. The van der Waals surface area contributed by atoms with E-state index in [1.807, 2.05) is 26.0 Å². The quantitative estimate of drug-likeness (QED) is 0.563. The van der Waals surface area contributed by atoms with E-state index in [4.69, 9.17) is 4.42 Å². The number of aliphatic hydroxyl groups is 1. The van der Waals surface area contributed by atoms with E-state index in [9.17, 15) is 5.11 Å². The molecule has 0 saturated carbocycles. The second kappa shape index (κ2) is 8.02. The van der Waals surface area contributed by atoms with Gasteiger partial charge in [0, 0.05) is 6.54 Å². The molecular weight excluding hydrogens is 302 g/mol. The molecule has 5 nitrogen and oxygen atoms in total. The lowest BCUT2D eigenvalue weighted by atomic mass is 10.0. The zero-order valence-electron chi connectivity index (χ0n) is 14.9. The van der Waals surface area contributed by atoms with Crippen LogP contribution in [0.4, 0.5) is 0 Å². The second-order valence-electron chi connectivity index (χ2n) is 6.22. The van der Waals surface area contributed by atoms with Crippen LogP contribution in [0.3, 0.4) is 0 Å². The first kappa shape index (κ1) is 18.1. The number of furan rings is 1. The van der Waals surface area contributed by atoms with Crippen molar-refractivity contribution in [2.24, 2.45) is 4.99 Å². The number of benzene rings is 1. The molecule has 0 spiro atoms. The van der Waals surface area contributed by atoms with Crippen molar-refractivity contribution in [1.29, 1.82) is 0 Å². The van der Waals surface area contributed by atoms with Crippen LogP contribution < -0.4 is 10.6 Å². The molecule has 1 heterocycles. The van der Waals surface area contributed by atoms with Gasteiger partial charge in [0.15, 0.2) is 5.96 Å². The minimum atomic E-state index is -1.10. The van der Waals surface area contributed by atoms with Gasteiger partial charge in [-0.15, -0.1) is 0 Å². The van der Waals surface area contributed by atoms with Crippen LogP contribution in [0.25, 0.3) is 0 Å². The zero-order valence-corrected chi connectivity index (χ0v) is 14.9. The molecule has 2 aromatic rings. The van der Waals surface area contributed by atoms with Gasteiger partial charge in [0.25, 0.3) is 0 Å². The van der Waals surface area contributed by atoms with Crippen LogP contribution >= 0.6 is 0 Å². The second-order valence-corrected chi connectivity index (χ2v) is 6.22. The van der Waals surface area contributed by atoms with E-state index >= 15 is 0 Å². The number of nitrogens with one attached hydrogen (secondary N) is 2. The fraction of sp³-hybridized carbons (Fsp3) is 0.421. The van der Waals surface area contributed by atoms with Crippen molar-refractivity contribution in [2.45, 2.75) is 39.8 Å². The Bertz CT molecular complexity index is 689. The van der Waals surface area contributed by atoms with Gasteiger partial charge in [0.2, 0.25) is 0 Å². The third kappa shape index (κ3) is 5.13. The van der Waals surface area contributed by atoms with Gasteiger partial charge in [-0.05, 0) is 45.4 Å². The normalized spacial score (nSPS) is 14.3. The first-order valence-electron chi connectivity index (χ1n) is 8.28. The Morgan fingerprint density at radius 1 is 1.21 bits per heavy atom. The highest BCUT2D eigenvalue weighted by Crippen LogP contribution is 2.21. The Kier molecular flexibility index (Phi) is 6.04. The molecular formula is C19H27N3O2. The van der Waals surface area contributed by atoms with E-state index in [0.29, 0.717) is 24.8 Å². The van der Waals surface area contributed by atoms with Gasteiger partial charge in [-0.3, -0.25) is 0 Å². The van der Waals surface area contributed by atoms with Gasteiger partial charge in [0.05, 0.1) is 13.1 Å². The van der Waals surface area contributed by atoms with Gasteiger partial charge in [-0.2, -0.15) is 0 Å². The summed E-state index contributed by atoms with van der Waals surface area (Å²) in [6, 6.07) is 11.9. The molecule has 0 radical (unpaired) electrons. The minimum Gasteiger partial charge on any atom is -0.463 e. The van der Waals surface area contributed by atoms with Crippen LogP contribution in [0.2, 0.25) is 0 Å². The zero-order chi connectivity index (χ0) is 17.6. The Balaban J connectivity index is 2.01. The van der Waals surface area contributed by atoms with Crippen LogP contribution in [0.5, 0.6) is 0 Å². The van der Waals surface area contributed by atoms with E-state index < -0.39 is 5.60 Å². The summed E-state index contributed by atoms with van der Waals surface area (Å²) in [4.78, 5) is 4.58. The van der Waals surface area contributed by atoms with E-state index in [0.717, 1.165) is 17.9 Å². The summed E-state index contributed by atoms with van der Waals surface area (Å²) in [5.41, 5.74) is 1.27. The molecule has 0 fully saturated rings. The molecule has 0 saturated heterocycles. The van der Waals surface area contributed by atoms with Crippen LogP contribution in [0.1, 0.15) is 36.5 Å². The lowest BCUT2D eigenvalue weighted by molar-refractivity contribution is 0.0378. The topological polar surface area (TPSA) is 69.8 Å². The van der Waals surface area contributed by atoms with Crippen LogP contribution in [-0.2, 0) is 12.1 Å². The number of rotatable bonds is 6. The van der Waals surface area contributed by atoms with Gasteiger partial charge >= 0.3 is 0 Å². The monoisotopic (exact) mass is 329 g/mol. The molecule has 24 heavy (non-hydrogen) atoms. The highest BCUT2D eigenvalue weighted by atomic mass is 16.4. The lowest BCUT2D eigenvalue weighted by Crippen LogP contribution is -2.44. The van der Waals surface area contributed by atoms with Crippen molar-refractivity contribution in [1.82, 2.24) is 10.6 Å². The van der Waals surface area contributed by atoms with Crippen molar-refractivity contribution in [3.63, 3.8) is 0 Å². The summed E-state index contributed by atoms with van der Waals surface area (Å²) in [5.74, 6) is 2.00. The molecule has 0 aliphatic carbocycles. The average molecular weight is 329 g/mol. The summed E-state index contributed by atoms with van der Waals surface area (Å²) in [6.07, 6.45) is 0. The molecule has 0 aliphatic rings. The smallest absolute Gasteiger partial charge is 0.191 e. The van der Waals surface area contributed by atoms with Gasteiger partial charge in [-0.25, -0.2) is 4.99 Å². The van der Waals surface area contributed by atoms with Crippen LogP contribution in [0.15, 0.2) is 45.8 Å². The van der Waals surface area contributed by atoms with Gasteiger partial charge in [0.1, 0.15) is 17.1 Å². The molecule has 3 N–H and O–H groups in total. The molecule has 2 rings (SSSR count). The SMILES string of the molecule is CCNC(=NCc1cccc(C)c1)NCC(C)(O)c1ccc(C)o1. The first-order valence-corrected chi connectivity index (χ1v) is 8.28. The number of aliphatic imine (C=N–C) groups is 1. The molecule has 1 aromatic carbocycles. The van der Waals surface area contributed by atoms with Crippen molar-refractivity contribution >= 4 is 5.96 Å². The van der Waals surface area contributed by atoms with Crippen molar-refractivity contribution < 1.29 is 9.52 Å². The fourth-order valence-corrected chi connectivity index (χ4v) is 2.39. The Labute approximate surface area is 143 Å². The summed E-state index contributed by atoms with van der Waals surface area (Å²) < 4.78 is 5.53. The largest absolute Gasteiger partial charge is 0.463 e. The average Bonchev–Trinajstić information content (AvgIpc) is 2.98. The third-order valence-electron chi connectivity index (χ3n) is 3.72. The lowest BCUT2D eigenvalue weighted by Gasteiger charge is -2.22. The predicted molar refractivity (Wildman–Crippen MR) is 97.0 cm³/mol. The summed E-state index contributed by atoms with van der Waals surface area (Å²) in [5, 5.41) is 17.0. The standard InChI is InChI=1S/C19H27N3O2/c1-5-20-18(21-12-16-8-6-7-14(2)11-16)22-13-19(4,23)17-10-9-15(3)24-17/h6-11,23H,5,12-13H2,1-4H3,(H2,20,21,22). The van der Waals surface area contributed by atoms with Crippen molar-refractivity contribution in [3.05, 3.63) is 59.0 Å². The van der Waals surface area contributed by atoms with Crippen LogP contribution in [0, 0.1) is 13.8 Å². The highest BCUT2D eigenvalue weighted by Gasteiger charge is 2.27. The molecule has 0 aliphatic heterocycles. The summed E-state index contributed by atoms with van der Waals surface area (Å²) >= 11 is 0. The number of guanidine groups is 1. The van der Waals surface area contributed by atoms with E-state index in [1.165, 1.54) is 5.56 Å². The van der Waals surface area contributed by atoms with Crippen molar-refractivity contribution in [3.8, 4) is 0 Å². The highest BCUT2D eigenvalue weighted by molar-refractivity contribution is 5.79. The van der Waals surface area contributed by atoms with E-state index in [1.54, 1.807) is 13.0 Å². The maximum absolute atomic E-state index is 10.6. The molecule has 1 aromatic heterocycles. The molecule has 0 amide bonds. The Morgan fingerprint density at radius 2 is 2.00 bits per heavy atom. The molecule has 5 heteroatoms. The summed E-state index contributed by atoms with van der Waals surface area (Å²) in [7, 11) is 0. The number of hydrogen-bond donors (Lipinski definition) is 3. The molecule has 0 bridgehead atoms. The number of hydrogen-bond acceptors (Lipinski definition) is 3. The first-order chi connectivity index (χ1) is 11.4. The molecule has 130 valence electrons. The molecule has 1 atom stereocenters. The molecule has 1 unspecified atom stereocenters. The van der Waals surface area contributed by atoms with E-state index in [2.05, 4.69) is 40.7 Å². The fourth-order valence-electron chi connectivity index (χ4n) is 2.39. The van der Waals surface area contributed by atoms with Crippen molar-refractivity contribution in [2.75, 3.05) is 13.1 Å².